The van der Waals surface area contributed by atoms with Crippen LogP contribution >= 0.6 is 0 Å². The lowest BCUT2D eigenvalue weighted by molar-refractivity contribution is -0.213. The summed E-state index contributed by atoms with van der Waals surface area (Å²) in [6.45, 7) is 2.29. The number of nitrogens with one attached hydrogen (secondary N) is 1. The van der Waals surface area contributed by atoms with Gasteiger partial charge in [-0.3, -0.25) is 9.59 Å². The average molecular weight is 469 g/mol. The summed E-state index contributed by atoms with van der Waals surface area (Å²) in [5.41, 5.74) is -3.36. The van der Waals surface area contributed by atoms with E-state index in [0.29, 0.717) is 5.56 Å². The van der Waals surface area contributed by atoms with Crippen molar-refractivity contribution in [3.63, 3.8) is 0 Å². The summed E-state index contributed by atoms with van der Waals surface area (Å²) >= 11 is 0. The van der Waals surface area contributed by atoms with Crippen LogP contribution in [0.2, 0.25) is 0 Å². The predicted molar refractivity (Wildman–Crippen MR) is 99.1 cm³/mol. The zero-order valence-corrected chi connectivity index (χ0v) is 17.9. The summed E-state index contributed by atoms with van der Waals surface area (Å²) in [5.74, 6) is -7.24. The second-order valence-corrected chi connectivity index (χ2v) is 8.03. The van der Waals surface area contributed by atoms with Gasteiger partial charge in [0.1, 0.15) is 0 Å². The Morgan fingerprint density at radius 3 is 1.90 bits per heavy atom. The number of carbonyl (C=O) groups excluding carboxylic acids is 3. The number of benzene rings is 1. The molecule has 9 nitrogen and oxygen atoms in total. The van der Waals surface area contributed by atoms with E-state index >= 15 is 0 Å². The van der Waals surface area contributed by atoms with Crippen molar-refractivity contribution in [2.24, 2.45) is 5.92 Å². The van der Waals surface area contributed by atoms with Crippen molar-refractivity contribution >= 4 is 27.9 Å². The molecular formula is C18H22F3NO8S. The Hall–Kier alpha value is -2.67. The van der Waals surface area contributed by atoms with Crippen molar-refractivity contribution in [3.05, 3.63) is 29.8 Å². The van der Waals surface area contributed by atoms with E-state index in [1.807, 2.05) is 0 Å². The number of alkyl halides is 3. The van der Waals surface area contributed by atoms with E-state index in [0.717, 1.165) is 26.4 Å². The number of aryl methyl sites for hydroxylation is 1. The first kappa shape index (κ1) is 26.4. The minimum atomic E-state index is -5.61. The first-order valence-electron chi connectivity index (χ1n) is 8.76. The Labute approximate surface area is 176 Å². The topological polar surface area (TPSA) is 125 Å². The highest BCUT2D eigenvalue weighted by atomic mass is 32.2. The summed E-state index contributed by atoms with van der Waals surface area (Å²) in [6, 6.07) is 4.73. The van der Waals surface area contributed by atoms with Gasteiger partial charge in [-0.25, -0.2) is 13.2 Å². The quantitative estimate of drug-likeness (QED) is 0.328. The zero-order valence-electron chi connectivity index (χ0n) is 17.1. The van der Waals surface area contributed by atoms with Crippen LogP contribution in [0.25, 0.3) is 0 Å². The Morgan fingerprint density at radius 1 is 1.03 bits per heavy atom. The monoisotopic (exact) mass is 469 g/mol. The molecule has 0 saturated carbocycles. The van der Waals surface area contributed by atoms with Gasteiger partial charge in [-0.05, 0) is 26.0 Å². The van der Waals surface area contributed by atoms with Crippen LogP contribution in [0.3, 0.4) is 0 Å². The van der Waals surface area contributed by atoms with E-state index in [4.69, 9.17) is 0 Å². The van der Waals surface area contributed by atoms with E-state index in [2.05, 4.69) is 14.2 Å². The Balaban J connectivity index is 3.68. The van der Waals surface area contributed by atoms with Crippen LogP contribution in [-0.2, 0) is 38.6 Å². The Kier molecular flexibility index (Phi) is 8.58. The van der Waals surface area contributed by atoms with Crippen LogP contribution in [0, 0.1) is 12.8 Å². The van der Waals surface area contributed by atoms with Crippen molar-refractivity contribution in [3.8, 4) is 0 Å². The van der Waals surface area contributed by atoms with E-state index in [-0.39, 0.29) is 0 Å². The van der Waals surface area contributed by atoms with Crippen LogP contribution in [-0.4, -0.2) is 58.9 Å². The smallest absolute Gasteiger partial charge is 0.418 e. The number of hydrogen-bond donors (Lipinski definition) is 1. The first-order chi connectivity index (χ1) is 14.3. The highest BCUT2D eigenvalue weighted by Crippen LogP contribution is 2.39. The molecule has 1 aromatic rings. The number of ether oxygens (including phenoxy) is 3. The molecule has 1 aromatic carbocycles. The van der Waals surface area contributed by atoms with Gasteiger partial charge in [-0.15, -0.1) is 0 Å². The molecule has 0 bridgehead atoms. The lowest BCUT2D eigenvalue weighted by Gasteiger charge is -2.35. The van der Waals surface area contributed by atoms with Crippen molar-refractivity contribution < 1.29 is 50.2 Å². The highest BCUT2D eigenvalue weighted by molar-refractivity contribution is 7.89. The third-order valence-electron chi connectivity index (χ3n) is 4.23. The summed E-state index contributed by atoms with van der Waals surface area (Å²) in [4.78, 5) is 35.8. The Morgan fingerprint density at radius 2 is 1.52 bits per heavy atom. The van der Waals surface area contributed by atoms with Crippen molar-refractivity contribution in [2.45, 2.75) is 36.9 Å². The molecule has 1 N–H and O–H groups in total. The van der Waals surface area contributed by atoms with Gasteiger partial charge in [0.25, 0.3) is 0 Å². The van der Waals surface area contributed by atoms with Crippen LogP contribution in [0.15, 0.2) is 29.2 Å². The lowest BCUT2D eigenvalue weighted by Crippen LogP contribution is -2.66. The average Bonchev–Trinajstić information content (AvgIpc) is 2.69. The van der Waals surface area contributed by atoms with E-state index in [1.165, 1.54) is 23.8 Å². The molecule has 0 aliphatic heterocycles. The fraction of sp³-hybridized carbons (Fsp3) is 0.500. The van der Waals surface area contributed by atoms with Crippen molar-refractivity contribution in [1.82, 2.24) is 4.72 Å². The third kappa shape index (κ3) is 5.94. The molecule has 0 aromatic heterocycles. The largest absolute Gasteiger partial charge is 0.468 e. The molecule has 0 spiro atoms. The Bertz CT molecular complexity index is 899. The van der Waals surface area contributed by atoms with Crippen LogP contribution in [0.5, 0.6) is 0 Å². The fourth-order valence-corrected chi connectivity index (χ4v) is 3.92. The minimum absolute atomic E-state index is 0.538. The maximum absolute atomic E-state index is 14.2. The van der Waals surface area contributed by atoms with Crippen molar-refractivity contribution in [2.75, 3.05) is 20.8 Å². The predicted octanol–water partition coefficient (Wildman–Crippen LogP) is 1.49. The third-order valence-corrected chi connectivity index (χ3v) is 5.74. The number of hydrogen-bond acceptors (Lipinski definition) is 8. The molecule has 0 unspecified atom stereocenters. The molecule has 0 fully saturated rings. The van der Waals surface area contributed by atoms with E-state index in [1.54, 1.807) is 6.92 Å². The molecular weight excluding hydrogens is 447 g/mol. The number of methoxy groups -OCH3 is 2. The highest BCUT2D eigenvalue weighted by Gasteiger charge is 2.65. The number of halogens is 3. The van der Waals surface area contributed by atoms with Gasteiger partial charge in [0, 0.05) is 6.42 Å². The number of carbonyl (C=O) groups is 3. The second-order valence-electron chi connectivity index (χ2n) is 6.35. The maximum Gasteiger partial charge on any atom is 0.418 e. The fourth-order valence-electron chi connectivity index (χ4n) is 2.57. The van der Waals surface area contributed by atoms with Gasteiger partial charge in [0.2, 0.25) is 15.6 Å². The van der Waals surface area contributed by atoms with Gasteiger partial charge in [-0.2, -0.15) is 17.9 Å². The number of rotatable bonds is 9. The normalized spacial score (nSPS) is 13.9. The van der Waals surface area contributed by atoms with Crippen molar-refractivity contribution in [1.29, 1.82) is 0 Å². The van der Waals surface area contributed by atoms with Gasteiger partial charge < -0.3 is 14.2 Å². The van der Waals surface area contributed by atoms with Crippen LogP contribution in [0.4, 0.5) is 13.2 Å². The molecule has 174 valence electrons. The molecule has 1 rings (SSSR count). The summed E-state index contributed by atoms with van der Waals surface area (Å²) in [7, 11) is -3.37. The number of esters is 3. The lowest BCUT2D eigenvalue weighted by atomic mass is 9.87. The zero-order chi connectivity index (χ0) is 24.0. The van der Waals surface area contributed by atoms with Gasteiger partial charge in [-0.1, -0.05) is 17.7 Å². The van der Waals surface area contributed by atoms with Gasteiger partial charge >= 0.3 is 24.1 Å². The maximum atomic E-state index is 14.2. The molecule has 1 atom stereocenters. The summed E-state index contributed by atoms with van der Waals surface area (Å²) in [5, 5.41) is 0. The summed E-state index contributed by atoms with van der Waals surface area (Å²) < 4.78 is 82.5. The van der Waals surface area contributed by atoms with Crippen LogP contribution < -0.4 is 4.72 Å². The van der Waals surface area contributed by atoms with Gasteiger partial charge in [0.15, 0.2) is 5.92 Å². The summed E-state index contributed by atoms with van der Waals surface area (Å²) in [6.07, 6.45) is -7.29. The molecule has 0 heterocycles. The van der Waals surface area contributed by atoms with Crippen LogP contribution in [0.1, 0.15) is 18.9 Å². The molecule has 0 aliphatic carbocycles. The molecule has 31 heavy (non-hydrogen) atoms. The molecule has 0 saturated heterocycles. The number of sulfonamides is 1. The minimum Gasteiger partial charge on any atom is -0.468 e. The SMILES string of the molecule is CCOC(=O)[C@](CC(C(=O)OC)C(=O)OC)(NS(=O)(=O)c1ccc(C)cc1)C(F)(F)F. The molecule has 13 heteroatoms. The first-order valence-corrected chi connectivity index (χ1v) is 10.2. The van der Waals surface area contributed by atoms with Gasteiger partial charge in [0.05, 0.1) is 25.7 Å². The standard InChI is InChI=1S/C18H22F3NO8S/c1-5-30-16(25)17(18(19,20)21,10-13(14(23)28-3)15(24)29-4)22-31(26,27)12-8-6-11(2)7-9-12/h6-9,13,22H,5,10H2,1-4H3/t17-/m0/s1. The second kappa shape index (κ2) is 10.1. The molecule has 0 aliphatic rings. The molecule has 0 amide bonds. The van der Waals surface area contributed by atoms with E-state index in [9.17, 15) is 36.0 Å². The molecule has 0 radical (unpaired) electrons. The van der Waals surface area contributed by atoms with E-state index < -0.39 is 63.5 Å².